The zero-order chi connectivity index (χ0) is 14.5. The maximum absolute atomic E-state index is 12.1. The molecule has 104 valence electrons. The quantitative estimate of drug-likeness (QED) is 0.900. The van der Waals surface area contributed by atoms with Crippen LogP contribution in [0.4, 0.5) is 0 Å². The van der Waals surface area contributed by atoms with Crippen molar-refractivity contribution in [2.75, 3.05) is 6.54 Å². The Balaban J connectivity index is 1.94. The number of halogens is 1. The molecule has 0 unspecified atom stereocenters. The summed E-state index contributed by atoms with van der Waals surface area (Å²) in [6.45, 7) is 4.67. The number of benzene rings is 2. The van der Waals surface area contributed by atoms with Crippen LogP contribution in [0.25, 0.3) is 0 Å². The molecule has 0 saturated heterocycles. The van der Waals surface area contributed by atoms with E-state index in [0.717, 1.165) is 22.0 Å². The second-order valence-electron chi connectivity index (χ2n) is 4.91. The van der Waals surface area contributed by atoms with Gasteiger partial charge in [0.15, 0.2) is 0 Å². The summed E-state index contributed by atoms with van der Waals surface area (Å²) in [6, 6.07) is 14.0. The first kappa shape index (κ1) is 14.8. The summed E-state index contributed by atoms with van der Waals surface area (Å²) >= 11 is 3.45. The highest BCUT2D eigenvalue weighted by Gasteiger charge is 2.09. The molecule has 0 aliphatic rings. The molecule has 0 heterocycles. The van der Waals surface area contributed by atoms with Crippen molar-refractivity contribution in [3.8, 4) is 0 Å². The van der Waals surface area contributed by atoms with E-state index in [1.807, 2.05) is 31.2 Å². The van der Waals surface area contributed by atoms with E-state index in [4.69, 9.17) is 0 Å². The number of hydrogen-bond donors (Lipinski definition) is 1. The van der Waals surface area contributed by atoms with Gasteiger partial charge in [-0.05, 0) is 43.5 Å². The molecule has 3 heteroatoms. The van der Waals surface area contributed by atoms with Crippen LogP contribution in [0.5, 0.6) is 0 Å². The van der Waals surface area contributed by atoms with Crippen LogP contribution >= 0.6 is 15.9 Å². The molecular weight excluding hydrogens is 314 g/mol. The van der Waals surface area contributed by atoms with Gasteiger partial charge in [0.05, 0.1) is 0 Å². The fraction of sp³-hybridized carbons (Fsp3) is 0.235. The van der Waals surface area contributed by atoms with E-state index in [2.05, 4.69) is 46.4 Å². The lowest BCUT2D eigenvalue weighted by Crippen LogP contribution is -2.26. The Labute approximate surface area is 128 Å². The fourth-order valence-electron chi connectivity index (χ4n) is 2.14. The molecular formula is C17H18BrNO. The van der Waals surface area contributed by atoms with Gasteiger partial charge in [-0.3, -0.25) is 4.79 Å². The van der Waals surface area contributed by atoms with Crippen LogP contribution in [0.15, 0.2) is 46.9 Å². The van der Waals surface area contributed by atoms with Gasteiger partial charge in [0.25, 0.3) is 5.91 Å². The first-order valence-electron chi connectivity index (χ1n) is 6.67. The number of carbonyl (C=O) groups is 1. The highest BCUT2D eigenvalue weighted by molar-refractivity contribution is 9.10. The lowest BCUT2D eigenvalue weighted by atomic mass is 10.1. The minimum atomic E-state index is -0.0172. The van der Waals surface area contributed by atoms with Crippen molar-refractivity contribution in [1.82, 2.24) is 5.32 Å². The third-order valence-electron chi connectivity index (χ3n) is 3.29. The molecule has 2 aromatic carbocycles. The number of rotatable bonds is 4. The topological polar surface area (TPSA) is 29.1 Å². The van der Waals surface area contributed by atoms with Crippen molar-refractivity contribution in [3.05, 3.63) is 69.2 Å². The van der Waals surface area contributed by atoms with Crippen LogP contribution in [0, 0.1) is 13.8 Å². The third-order valence-corrected chi connectivity index (χ3v) is 4.15. The molecule has 2 nitrogen and oxygen atoms in total. The van der Waals surface area contributed by atoms with E-state index in [1.54, 1.807) is 0 Å². The summed E-state index contributed by atoms with van der Waals surface area (Å²) < 4.78 is 0.962. The van der Waals surface area contributed by atoms with Crippen LogP contribution in [-0.4, -0.2) is 12.5 Å². The standard InChI is InChI=1S/C17H18BrNO/c1-12-5-3-6-14(11-12)9-10-19-17(20)15-7-4-8-16(18)13(15)2/h3-8,11H,9-10H2,1-2H3,(H,19,20). The SMILES string of the molecule is Cc1cccc(CCNC(=O)c2cccc(Br)c2C)c1. The van der Waals surface area contributed by atoms with Crippen molar-refractivity contribution in [3.63, 3.8) is 0 Å². The number of aryl methyl sites for hydroxylation is 1. The van der Waals surface area contributed by atoms with E-state index in [-0.39, 0.29) is 5.91 Å². The van der Waals surface area contributed by atoms with Crippen molar-refractivity contribution >= 4 is 21.8 Å². The molecule has 0 radical (unpaired) electrons. The van der Waals surface area contributed by atoms with Crippen LogP contribution in [-0.2, 0) is 6.42 Å². The molecule has 0 bridgehead atoms. The molecule has 0 atom stereocenters. The van der Waals surface area contributed by atoms with E-state index < -0.39 is 0 Å². The normalized spacial score (nSPS) is 10.3. The van der Waals surface area contributed by atoms with Gasteiger partial charge in [-0.25, -0.2) is 0 Å². The predicted octanol–water partition coefficient (Wildman–Crippen LogP) is 4.04. The first-order chi connectivity index (χ1) is 9.58. The van der Waals surface area contributed by atoms with Gasteiger partial charge >= 0.3 is 0 Å². The Morgan fingerprint density at radius 1 is 1.15 bits per heavy atom. The maximum atomic E-state index is 12.1. The number of hydrogen-bond acceptors (Lipinski definition) is 1. The summed E-state index contributed by atoms with van der Waals surface area (Å²) in [5.74, 6) is -0.0172. The van der Waals surface area contributed by atoms with Crippen LogP contribution in [0.2, 0.25) is 0 Å². The smallest absolute Gasteiger partial charge is 0.251 e. The predicted molar refractivity (Wildman–Crippen MR) is 86.1 cm³/mol. The van der Waals surface area contributed by atoms with Crippen LogP contribution < -0.4 is 5.32 Å². The second-order valence-corrected chi connectivity index (χ2v) is 5.76. The van der Waals surface area contributed by atoms with Crippen LogP contribution in [0.1, 0.15) is 27.0 Å². The molecule has 0 aliphatic carbocycles. The lowest BCUT2D eigenvalue weighted by Gasteiger charge is -2.09. The lowest BCUT2D eigenvalue weighted by molar-refractivity contribution is 0.0953. The Morgan fingerprint density at radius 2 is 1.90 bits per heavy atom. The van der Waals surface area contributed by atoms with Crippen molar-refractivity contribution in [2.45, 2.75) is 20.3 Å². The minimum absolute atomic E-state index is 0.0172. The summed E-state index contributed by atoms with van der Waals surface area (Å²) in [7, 11) is 0. The van der Waals surface area contributed by atoms with E-state index >= 15 is 0 Å². The summed E-state index contributed by atoms with van der Waals surface area (Å²) in [5, 5.41) is 2.98. The second kappa shape index (κ2) is 6.71. The molecule has 0 fully saturated rings. The number of amides is 1. The molecule has 0 saturated carbocycles. The third kappa shape index (κ3) is 3.70. The monoisotopic (exact) mass is 331 g/mol. The number of nitrogens with one attached hydrogen (secondary N) is 1. The van der Waals surface area contributed by atoms with Crippen molar-refractivity contribution in [1.29, 1.82) is 0 Å². The van der Waals surface area contributed by atoms with Gasteiger partial charge in [0, 0.05) is 16.6 Å². The van der Waals surface area contributed by atoms with Gasteiger partial charge in [-0.15, -0.1) is 0 Å². The molecule has 1 amide bonds. The highest BCUT2D eigenvalue weighted by atomic mass is 79.9. The zero-order valence-electron chi connectivity index (χ0n) is 11.7. The average Bonchev–Trinajstić information content (AvgIpc) is 2.42. The largest absolute Gasteiger partial charge is 0.352 e. The molecule has 0 spiro atoms. The maximum Gasteiger partial charge on any atom is 0.251 e. The molecule has 0 aromatic heterocycles. The molecule has 2 rings (SSSR count). The molecule has 0 aliphatic heterocycles. The van der Waals surface area contributed by atoms with Crippen LogP contribution in [0.3, 0.4) is 0 Å². The summed E-state index contributed by atoms with van der Waals surface area (Å²) in [6.07, 6.45) is 0.848. The van der Waals surface area contributed by atoms with Gasteiger partial charge in [0.1, 0.15) is 0 Å². The molecule has 20 heavy (non-hydrogen) atoms. The molecule has 2 aromatic rings. The van der Waals surface area contributed by atoms with Gasteiger partial charge < -0.3 is 5.32 Å². The first-order valence-corrected chi connectivity index (χ1v) is 7.46. The van der Waals surface area contributed by atoms with E-state index in [0.29, 0.717) is 6.54 Å². The summed E-state index contributed by atoms with van der Waals surface area (Å²) in [5.41, 5.74) is 4.19. The molecule has 1 N–H and O–H groups in total. The van der Waals surface area contributed by atoms with E-state index in [9.17, 15) is 4.79 Å². The van der Waals surface area contributed by atoms with Gasteiger partial charge in [0.2, 0.25) is 0 Å². The van der Waals surface area contributed by atoms with Gasteiger partial charge in [-0.1, -0.05) is 51.8 Å². The minimum Gasteiger partial charge on any atom is -0.352 e. The average molecular weight is 332 g/mol. The Kier molecular flexibility index (Phi) is 4.96. The van der Waals surface area contributed by atoms with Gasteiger partial charge in [-0.2, -0.15) is 0 Å². The number of carbonyl (C=O) groups excluding carboxylic acids is 1. The fourth-order valence-corrected chi connectivity index (χ4v) is 2.50. The zero-order valence-corrected chi connectivity index (χ0v) is 13.3. The summed E-state index contributed by atoms with van der Waals surface area (Å²) in [4.78, 5) is 12.1. The highest BCUT2D eigenvalue weighted by Crippen LogP contribution is 2.19. The van der Waals surface area contributed by atoms with Crippen molar-refractivity contribution in [2.24, 2.45) is 0 Å². The van der Waals surface area contributed by atoms with E-state index in [1.165, 1.54) is 11.1 Å². The Hall–Kier alpha value is -1.61. The Morgan fingerprint density at radius 3 is 2.65 bits per heavy atom. The Bertz CT molecular complexity index is 622. The van der Waals surface area contributed by atoms with Crippen molar-refractivity contribution < 1.29 is 4.79 Å².